The lowest BCUT2D eigenvalue weighted by atomic mass is 10.1. The highest BCUT2D eigenvalue weighted by molar-refractivity contribution is 9.10. The van der Waals surface area contributed by atoms with Crippen LogP contribution in [0.15, 0.2) is 16.6 Å². The number of halogens is 1. The van der Waals surface area contributed by atoms with Crippen molar-refractivity contribution in [2.24, 2.45) is 0 Å². The maximum Gasteiger partial charge on any atom is 0.175 e. The summed E-state index contributed by atoms with van der Waals surface area (Å²) >= 11 is 3.63. The molecule has 0 radical (unpaired) electrons. The molecule has 0 aliphatic heterocycles. The summed E-state index contributed by atoms with van der Waals surface area (Å²) in [5.41, 5.74) is 1.20. The van der Waals surface area contributed by atoms with Gasteiger partial charge in [0, 0.05) is 6.54 Å². The average Bonchev–Trinajstić information content (AvgIpc) is 2.47. The standard InChI is InChI=1S/C17H28BrNO2/c1-5-9-19-12-13-10-15(18)17(16(11-13)20-8-4)21-14(6-2)7-3/h10-11,14,19H,5-9,12H2,1-4H3. The number of rotatable bonds is 10. The molecule has 3 nitrogen and oxygen atoms in total. The molecule has 0 heterocycles. The van der Waals surface area contributed by atoms with Gasteiger partial charge in [0.1, 0.15) is 0 Å². The Bertz CT molecular complexity index is 419. The van der Waals surface area contributed by atoms with Crippen molar-refractivity contribution in [1.82, 2.24) is 5.32 Å². The lowest BCUT2D eigenvalue weighted by Crippen LogP contribution is -2.16. The highest BCUT2D eigenvalue weighted by Gasteiger charge is 2.15. The van der Waals surface area contributed by atoms with Crippen molar-refractivity contribution in [3.8, 4) is 11.5 Å². The predicted octanol–water partition coefficient (Wildman–Crippen LogP) is 4.91. The monoisotopic (exact) mass is 357 g/mol. The molecule has 1 aromatic carbocycles. The first-order valence-electron chi connectivity index (χ1n) is 7.98. The summed E-state index contributed by atoms with van der Waals surface area (Å²) in [6.07, 6.45) is 3.35. The quantitative estimate of drug-likeness (QED) is 0.603. The van der Waals surface area contributed by atoms with Gasteiger partial charge in [0.05, 0.1) is 17.2 Å². The van der Waals surface area contributed by atoms with Crippen LogP contribution in [0.2, 0.25) is 0 Å². The SMILES string of the molecule is CCCNCc1cc(Br)c(OC(CC)CC)c(OCC)c1. The molecule has 0 atom stereocenters. The first kappa shape index (κ1) is 18.3. The Balaban J connectivity index is 2.95. The van der Waals surface area contributed by atoms with E-state index in [1.807, 2.05) is 6.92 Å². The number of benzene rings is 1. The van der Waals surface area contributed by atoms with Crippen molar-refractivity contribution in [2.75, 3.05) is 13.2 Å². The first-order chi connectivity index (χ1) is 10.2. The van der Waals surface area contributed by atoms with Gasteiger partial charge in [-0.1, -0.05) is 20.8 Å². The third-order valence-electron chi connectivity index (χ3n) is 3.32. The van der Waals surface area contributed by atoms with Crippen LogP contribution >= 0.6 is 15.9 Å². The Kier molecular flexibility index (Phi) is 8.77. The van der Waals surface area contributed by atoms with Crippen LogP contribution in [0, 0.1) is 0 Å². The Morgan fingerprint density at radius 2 is 1.86 bits per heavy atom. The summed E-state index contributed by atoms with van der Waals surface area (Å²) in [7, 11) is 0. The molecule has 1 N–H and O–H groups in total. The molecule has 1 rings (SSSR count). The number of hydrogen-bond acceptors (Lipinski definition) is 3. The lowest BCUT2D eigenvalue weighted by molar-refractivity contribution is 0.180. The van der Waals surface area contributed by atoms with E-state index in [2.05, 4.69) is 54.2 Å². The zero-order valence-corrected chi connectivity index (χ0v) is 15.3. The summed E-state index contributed by atoms with van der Waals surface area (Å²) in [5.74, 6) is 1.65. The van der Waals surface area contributed by atoms with Gasteiger partial charge in [-0.2, -0.15) is 0 Å². The molecule has 0 bridgehead atoms. The fraction of sp³-hybridized carbons (Fsp3) is 0.647. The van der Waals surface area contributed by atoms with Crippen LogP contribution < -0.4 is 14.8 Å². The van der Waals surface area contributed by atoms with Crippen molar-refractivity contribution in [3.63, 3.8) is 0 Å². The van der Waals surface area contributed by atoms with E-state index in [4.69, 9.17) is 9.47 Å². The smallest absolute Gasteiger partial charge is 0.175 e. The molecule has 0 aliphatic carbocycles. The lowest BCUT2D eigenvalue weighted by Gasteiger charge is -2.20. The topological polar surface area (TPSA) is 30.5 Å². The van der Waals surface area contributed by atoms with Crippen LogP contribution in [-0.4, -0.2) is 19.3 Å². The Morgan fingerprint density at radius 3 is 2.43 bits per heavy atom. The molecule has 21 heavy (non-hydrogen) atoms. The van der Waals surface area contributed by atoms with Crippen molar-refractivity contribution >= 4 is 15.9 Å². The zero-order valence-electron chi connectivity index (χ0n) is 13.7. The van der Waals surface area contributed by atoms with E-state index >= 15 is 0 Å². The molecule has 0 aliphatic rings. The number of hydrogen-bond donors (Lipinski definition) is 1. The minimum absolute atomic E-state index is 0.226. The molecule has 0 amide bonds. The third kappa shape index (κ3) is 5.87. The van der Waals surface area contributed by atoms with Crippen molar-refractivity contribution in [1.29, 1.82) is 0 Å². The van der Waals surface area contributed by atoms with Gasteiger partial charge in [-0.15, -0.1) is 0 Å². The molecular formula is C17H28BrNO2. The highest BCUT2D eigenvalue weighted by Crippen LogP contribution is 2.38. The van der Waals surface area contributed by atoms with Crippen molar-refractivity contribution in [3.05, 3.63) is 22.2 Å². The van der Waals surface area contributed by atoms with Crippen LogP contribution in [0.5, 0.6) is 11.5 Å². The summed E-state index contributed by atoms with van der Waals surface area (Å²) in [6, 6.07) is 4.19. The van der Waals surface area contributed by atoms with Crippen LogP contribution in [0.25, 0.3) is 0 Å². The maximum atomic E-state index is 6.12. The van der Waals surface area contributed by atoms with Gasteiger partial charge < -0.3 is 14.8 Å². The second-order valence-corrected chi connectivity index (χ2v) is 5.93. The molecule has 0 saturated heterocycles. The fourth-order valence-electron chi connectivity index (χ4n) is 2.13. The minimum atomic E-state index is 0.226. The van der Waals surface area contributed by atoms with Crippen molar-refractivity contribution in [2.45, 2.75) is 59.6 Å². The van der Waals surface area contributed by atoms with Crippen molar-refractivity contribution < 1.29 is 9.47 Å². The van der Waals surface area contributed by atoms with E-state index in [-0.39, 0.29) is 6.10 Å². The van der Waals surface area contributed by atoms with Gasteiger partial charge in [-0.25, -0.2) is 0 Å². The Hall–Kier alpha value is -0.740. The molecule has 0 spiro atoms. The van der Waals surface area contributed by atoms with E-state index in [1.165, 1.54) is 5.56 Å². The van der Waals surface area contributed by atoms with Gasteiger partial charge in [0.2, 0.25) is 0 Å². The number of nitrogens with one attached hydrogen (secondary N) is 1. The fourth-order valence-corrected chi connectivity index (χ4v) is 2.72. The van der Waals surface area contributed by atoms with E-state index in [0.717, 1.165) is 48.3 Å². The van der Waals surface area contributed by atoms with Crippen LogP contribution in [0.4, 0.5) is 0 Å². The Morgan fingerprint density at radius 1 is 1.14 bits per heavy atom. The van der Waals surface area contributed by atoms with Crippen LogP contribution in [0.1, 0.15) is 52.5 Å². The van der Waals surface area contributed by atoms with Gasteiger partial charge in [0.25, 0.3) is 0 Å². The minimum Gasteiger partial charge on any atom is -0.490 e. The molecule has 0 aromatic heterocycles. The molecule has 120 valence electrons. The second-order valence-electron chi connectivity index (χ2n) is 5.07. The van der Waals surface area contributed by atoms with Crippen LogP contribution in [0.3, 0.4) is 0 Å². The largest absolute Gasteiger partial charge is 0.490 e. The third-order valence-corrected chi connectivity index (χ3v) is 3.91. The maximum absolute atomic E-state index is 6.12. The number of ether oxygens (including phenoxy) is 2. The molecule has 4 heteroatoms. The van der Waals surface area contributed by atoms with E-state index in [1.54, 1.807) is 0 Å². The second kappa shape index (κ2) is 10.1. The summed E-state index contributed by atoms with van der Waals surface area (Å²) < 4.78 is 12.9. The average molecular weight is 358 g/mol. The Labute approximate surface area is 137 Å². The van der Waals surface area contributed by atoms with E-state index in [9.17, 15) is 0 Å². The summed E-state index contributed by atoms with van der Waals surface area (Å²) in [6.45, 7) is 11.0. The highest BCUT2D eigenvalue weighted by atomic mass is 79.9. The van der Waals surface area contributed by atoms with Gasteiger partial charge >= 0.3 is 0 Å². The normalized spacial score (nSPS) is 11.0. The summed E-state index contributed by atoms with van der Waals surface area (Å²) in [4.78, 5) is 0. The van der Waals surface area contributed by atoms with E-state index < -0.39 is 0 Å². The van der Waals surface area contributed by atoms with E-state index in [0.29, 0.717) is 6.61 Å². The molecule has 1 aromatic rings. The van der Waals surface area contributed by atoms with Crippen LogP contribution in [-0.2, 0) is 6.54 Å². The first-order valence-corrected chi connectivity index (χ1v) is 8.77. The predicted molar refractivity (Wildman–Crippen MR) is 92.3 cm³/mol. The van der Waals surface area contributed by atoms with Gasteiger partial charge in [0.15, 0.2) is 11.5 Å². The molecule has 0 saturated carbocycles. The zero-order chi connectivity index (χ0) is 15.7. The van der Waals surface area contributed by atoms with Gasteiger partial charge in [-0.3, -0.25) is 0 Å². The molecule has 0 fully saturated rings. The molecular weight excluding hydrogens is 330 g/mol. The summed E-state index contributed by atoms with van der Waals surface area (Å²) in [5, 5.41) is 3.41. The van der Waals surface area contributed by atoms with Gasteiger partial charge in [-0.05, 0) is 66.4 Å². The molecule has 0 unspecified atom stereocenters.